The number of unbranched alkanes of at least 4 members (excludes halogenated alkanes) is 3. The van der Waals surface area contributed by atoms with Gasteiger partial charge in [0.15, 0.2) is 0 Å². The number of imide groups is 1. The minimum absolute atomic E-state index is 0.0171. The third-order valence-corrected chi connectivity index (χ3v) is 15.7. The Morgan fingerprint density at radius 2 is 1.74 bits per heavy atom. The van der Waals surface area contributed by atoms with E-state index in [9.17, 15) is 56.7 Å². The normalized spacial score (nSPS) is 20.8. The zero-order valence-corrected chi connectivity index (χ0v) is 42.2. The molecule has 386 valence electrons. The molecular formula is C52H57F2N6O11PS. The summed E-state index contributed by atoms with van der Waals surface area (Å²) in [4.78, 5) is 117. The number of ether oxygens (including phenoxy) is 1. The van der Waals surface area contributed by atoms with Gasteiger partial charge in [-0.05, 0) is 84.0 Å². The van der Waals surface area contributed by atoms with E-state index in [1.165, 1.54) is 21.9 Å². The van der Waals surface area contributed by atoms with Crippen molar-refractivity contribution in [1.82, 2.24) is 30.7 Å². The van der Waals surface area contributed by atoms with Crippen LogP contribution in [0.4, 0.5) is 8.78 Å². The van der Waals surface area contributed by atoms with Crippen LogP contribution in [-0.2, 0) is 45.5 Å². The fourth-order valence-electron chi connectivity index (χ4n) is 9.67. The Morgan fingerprint density at radius 1 is 0.973 bits per heavy atom. The number of hydrogen-bond donors (Lipinski definition) is 5. The molecule has 3 fully saturated rings. The van der Waals surface area contributed by atoms with Gasteiger partial charge in [-0.2, -0.15) is 8.78 Å². The fraction of sp³-hybridized carbons (Fsp3) is 0.442. The fourth-order valence-corrected chi connectivity index (χ4v) is 11.1. The molecule has 17 nitrogen and oxygen atoms in total. The van der Waals surface area contributed by atoms with Gasteiger partial charge in [-0.1, -0.05) is 75.4 Å². The molecular weight excluding hydrogens is 986 g/mol. The Labute approximate surface area is 424 Å². The summed E-state index contributed by atoms with van der Waals surface area (Å²) in [5.41, 5.74) is -3.40. The van der Waals surface area contributed by atoms with Crippen molar-refractivity contribution < 1.29 is 61.4 Å². The van der Waals surface area contributed by atoms with E-state index in [1.807, 2.05) is 36.4 Å². The van der Waals surface area contributed by atoms with Gasteiger partial charge in [-0.3, -0.25) is 43.4 Å². The molecule has 1 aromatic heterocycles. The molecule has 5 heterocycles. The number of morpholine rings is 1. The molecule has 3 saturated heterocycles. The monoisotopic (exact) mass is 1040 g/mol. The van der Waals surface area contributed by atoms with Gasteiger partial charge in [0.2, 0.25) is 29.5 Å². The molecule has 4 aliphatic heterocycles. The van der Waals surface area contributed by atoms with Crippen LogP contribution in [0.3, 0.4) is 0 Å². The maximum Gasteiger partial charge on any atom is 0.399 e. The summed E-state index contributed by atoms with van der Waals surface area (Å²) in [6.07, 6.45) is 2.89. The summed E-state index contributed by atoms with van der Waals surface area (Å²) in [6, 6.07) is 15.6. The molecule has 8 rings (SSSR count). The SMILES string of the molecule is CC(C)(C)[C@H](NC(=O)c1cc2cc(C(F)(F)P(=O)(O)O)ccc2s1)C(=O)N1C[C@@H](NC(=O)CCCCCC#Cc2ccc3c(c2)CN(C2CCC(=O)NC2=O)C3=O)C[C@H]1C(=O)N1CCOC(c2ccccc2)C1. The minimum Gasteiger partial charge on any atom is -0.370 e. The van der Waals surface area contributed by atoms with Crippen LogP contribution in [0.1, 0.15) is 121 Å². The van der Waals surface area contributed by atoms with Crippen LogP contribution >= 0.6 is 18.9 Å². The number of nitrogens with zero attached hydrogens (tertiary/aromatic N) is 3. The smallest absolute Gasteiger partial charge is 0.370 e. The summed E-state index contributed by atoms with van der Waals surface area (Å²) < 4.78 is 47.1. The number of hydrogen-bond acceptors (Lipinski definition) is 10. The largest absolute Gasteiger partial charge is 0.399 e. The van der Waals surface area contributed by atoms with E-state index in [-0.39, 0.29) is 92.4 Å². The van der Waals surface area contributed by atoms with E-state index >= 15 is 0 Å². The molecule has 0 radical (unpaired) electrons. The number of likely N-dealkylation sites (tertiary alicyclic amines) is 1. The molecule has 4 aliphatic rings. The molecule has 2 unspecified atom stereocenters. The molecule has 0 aliphatic carbocycles. The van der Waals surface area contributed by atoms with Crippen LogP contribution in [-0.4, -0.2) is 116 Å². The molecule has 5 atom stereocenters. The molecule has 0 spiro atoms. The highest BCUT2D eigenvalue weighted by molar-refractivity contribution is 7.52. The number of halogens is 2. The summed E-state index contributed by atoms with van der Waals surface area (Å²) in [5.74, 6) is 3.39. The summed E-state index contributed by atoms with van der Waals surface area (Å²) in [6.45, 7) is 6.24. The van der Waals surface area contributed by atoms with E-state index in [1.54, 1.807) is 37.8 Å². The molecule has 7 amide bonds. The van der Waals surface area contributed by atoms with E-state index in [4.69, 9.17) is 4.74 Å². The number of alkyl halides is 2. The third kappa shape index (κ3) is 11.9. The molecule has 0 bridgehead atoms. The molecule has 5 N–H and O–H groups in total. The maximum absolute atomic E-state index is 14.8. The van der Waals surface area contributed by atoms with Crippen molar-refractivity contribution in [3.05, 3.63) is 105 Å². The van der Waals surface area contributed by atoms with Gasteiger partial charge < -0.3 is 39.9 Å². The summed E-state index contributed by atoms with van der Waals surface area (Å²) >= 11 is 0.947. The number of carbonyl (C=O) groups excluding carboxylic acids is 7. The first kappa shape index (κ1) is 52.9. The topological polar surface area (TPSA) is 232 Å². The van der Waals surface area contributed by atoms with Gasteiger partial charge in [0.25, 0.3) is 11.8 Å². The van der Waals surface area contributed by atoms with Gasteiger partial charge in [-0.25, -0.2) is 0 Å². The zero-order valence-electron chi connectivity index (χ0n) is 40.5. The Morgan fingerprint density at radius 3 is 2.47 bits per heavy atom. The van der Waals surface area contributed by atoms with Crippen molar-refractivity contribution in [2.75, 3.05) is 26.2 Å². The predicted octanol–water partition coefficient (Wildman–Crippen LogP) is 5.72. The van der Waals surface area contributed by atoms with Crippen LogP contribution in [0.2, 0.25) is 0 Å². The van der Waals surface area contributed by atoms with Crippen LogP contribution < -0.4 is 16.0 Å². The van der Waals surface area contributed by atoms with Crippen molar-refractivity contribution in [3.8, 4) is 11.8 Å². The van der Waals surface area contributed by atoms with Gasteiger partial charge >= 0.3 is 13.3 Å². The number of carbonyl (C=O) groups is 7. The predicted molar refractivity (Wildman–Crippen MR) is 265 cm³/mol. The molecule has 3 aromatic carbocycles. The van der Waals surface area contributed by atoms with Crippen LogP contribution in [0, 0.1) is 17.3 Å². The van der Waals surface area contributed by atoms with Crippen LogP contribution in [0.25, 0.3) is 10.1 Å². The summed E-state index contributed by atoms with van der Waals surface area (Å²) in [5, 5.41) is 8.31. The van der Waals surface area contributed by atoms with Crippen LogP contribution in [0.15, 0.2) is 72.8 Å². The zero-order chi connectivity index (χ0) is 52.4. The van der Waals surface area contributed by atoms with E-state index < -0.39 is 72.2 Å². The highest BCUT2D eigenvalue weighted by Crippen LogP contribution is 2.59. The van der Waals surface area contributed by atoms with Gasteiger partial charge in [0.1, 0.15) is 24.2 Å². The second-order valence-corrected chi connectivity index (χ2v) is 22.6. The number of nitrogens with one attached hydrogen (secondary N) is 3. The molecule has 73 heavy (non-hydrogen) atoms. The standard InChI is InChI=1S/C52H57F2N6O11PS/c1-51(2,3)45(57-47(64)42-26-33-25-35(17-20-41(33)73-42)52(53,54)72(68,69)70)50(67)60-29-36(27-39(60)49(66)58-22-23-71-40(30-58)32-13-9-7-10-14-32)55-43(61)15-11-6-4-5-8-12-31-16-18-37-34(24-31)28-59(48(37)65)38-19-21-44(62)56-46(38)63/h7,9-10,13-14,16-18,20,24-26,36,38-40,45H,4-6,11,15,19,21-23,27-30H2,1-3H3,(H,55,61)(H,57,64)(H,56,62,63)(H2,68,69,70)/t36-,38?,39-,40?,45+/m0/s1. The van der Waals surface area contributed by atoms with E-state index in [0.717, 1.165) is 40.2 Å². The average Bonchev–Trinajstić information content (AvgIpc) is 4.07. The first-order valence-corrected chi connectivity index (χ1v) is 26.6. The summed E-state index contributed by atoms with van der Waals surface area (Å²) in [7, 11) is -5.85. The Balaban J connectivity index is 0.895. The lowest BCUT2D eigenvalue weighted by atomic mass is 9.85. The number of benzene rings is 3. The average molecular weight is 1040 g/mol. The van der Waals surface area contributed by atoms with Crippen molar-refractivity contribution in [3.63, 3.8) is 0 Å². The van der Waals surface area contributed by atoms with E-state index in [2.05, 4.69) is 27.8 Å². The van der Waals surface area contributed by atoms with Crippen LogP contribution in [0.5, 0.6) is 0 Å². The third-order valence-electron chi connectivity index (χ3n) is 13.6. The van der Waals surface area contributed by atoms with Crippen molar-refractivity contribution in [2.45, 2.75) is 115 Å². The quantitative estimate of drug-likeness (QED) is 0.0444. The molecule has 0 saturated carbocycles. The van der Waals surface area contributed by atoms with Gasteiger partial charge in [-0.15, -0.1) is 11.3 Å². The molecule has 4 aromatic rings. The lowest BCUT2D eigenvalue weighted by molar-refractivity contribution is -0.150. The molecule has 21 heteroatoms. The van der Waals surface area contributed by atoms with Crippen molar-refractivity contribution in [1.29, 1.82) is 0 Å². The number of rotatable bonds is 14. The second kappa shape index (κ2) is 21.6. The lowest BCUT2D eigenvalue weighted by Gasteiger charge is -2.38. The van der Waals surface area contributed by atoms with Gasteiger partial charge in [0, 0.05) is 66.3 Å². The van der Waals surface area contributed by atoms with Crippen molar-refractivity contribution in [2.24, 2.45) is 5.41 Å². The Kier molecular flexibility index (Phi) is 15.7. The number of amides is 7. The maximum atomic E-state index is 14.8. The lowest BCUT2D eigenvalue weighted by Crippen LogP contribution is -2.58. The minimum atomic E-state index is -5.85. The number of piperidine rings is 1. The van der Waals surface area contributed by atoms with Crippen molar-refractivity contribution >= 4 is 70.4 Å². The Bertz CT molecular complexity index is 2950. The second-order valence-electron chi connectivity index (χ2n) is 19.9. The number of fused-ring (bicyclic) bond motifs is 2. The number of thiophene rings is 1. The highest BCUT2D eigenvalue weighted by Gasteiger charge is 2.51. The first-order valence-electron chi connectivity index (χ1n) is 24.2. The first-order chi connectivity index (χ1) is 34.6. The van der Waals surface area contributed by atoms with E-state index in [0.29, 0.717) is 35.9 Å². The van der Waals surface area contributed by atoms with Gasteiger partial charge in [0.05, 0.1) is 18.0 Å². The Hall–Kier alpha value is -6.36. The highest BCUT2D eigenvalue weighted by atomic mass is 32.1.